The van der Waals surface area contributed by atoms with Gasteiger partial charge in [0.15, 0.2) is 0 Å². The summed E-state index contributed by atoms with van der Waals surface area (Å²) in [5.41, 5.74) is 6.99. The van der Waals surface area contributed by atoms with E-state index in [9.17, 15) is 4.39 Å². The summed E-state index contributed by atoms with van der Waals surface area (Å²) in [5, 5.41) is 0.416. The molecule has 0 unspecified atom stereocenters. The minimum atomic E-state index is -0.326. The maximum Gasteiger partial charge on any atom is 0.124 e. The molecule has 0 spiro atoms. The molecule has 0 amide bonds. The monoisotopic (exact) mass is 243 g/mol. The third-order valence-electron chi connectivity index (χ3n) is 3.10. The average molecular weight is 244 g/mol. The molecule has 4 heteroatoms. The summed E-state index contributed by atoms with van der Waals surface area (Å²) in [4.78, 5) is 0. The van der Waals surface area contributed by atoms with E-state index in [4.69, 9.17) is 22.1 Å². The maximum absolute atomic E-state index is 12.9. The first-order chi connectivity index (χ1) is 7.68. The number of benzene rings is 1. The van der Waals surface area contributed by atoms with Gasteiger partial charge >= 0.3 is 0 Å². The highest BCUT2D eigenvalue weighted by Gasteiger charge is 2.23. The van der Waals surface area contributed by atoms with Gasteiger partial charge in [0.2, 0.25) is 0 Å². The summed E-state index contributed by atoms with van der Waals surface area (Å²) in [7, 11) is 0. The molecule has 1 fully saturated rings. The number of hydrogen-bond donors (Lipinski definition) is 1. The number of ether oxygens (including phenoxy) is 1. The number of hydrogen-bond acceptors (Lipinski definition) is 2. The molecule has 1 aromatic carbocycles. The van der Waals surface area contributed by atoms with Crippen molar-refractivity contribution in [2.45, 2.75) is 18.9 Å². The van der Waals surface area contributed by atoms with Crippen molar-refractivity contribution in [3.63, 3.8) is 0 Å². The molecule has 0 bridgehead atoms. The van der Waals surface area contributed by atoms with E-state index in [2.05, 4.69) is 0 Å². The molecule has 16 heavy (non-hydrogen) atoms. The minimum Gasteiger partial charge on any atom is -0.381 e. The zero-order valence-electron chi connectivity index (χ0n) is 8.96. The molecule has 0 saturated carbocycles. The fourth-order valence-corrected chi connectivity index (χ4v) is 2.39. The zero-order valence-corrected chi connectivity index (χ0v) is 9.71. The summed E-state index contributed by atoms with van der Waals surface area (Å²) in [6.07, 6.45) is 1.88. The lowest BCUT2D eigenvalue weighted by Gasteiger charge is -2.28. The minimum absolute atomic E-state index is 0.128. The van der Waals surface area contributed by atoms with E-state index in [1.807, 2.05) is 0 Å². The van der Waals surface area contributed by atoms with Crippen LogP contribution in [0.4, 0.5) is 4.39 Å². The van der Waals surface area contributed by atoms with Crippen LogP contribution < -0.4 is 5.73 Å². The van der Waals surface area contributed by atoms with E-state index in [0.29, 0.717) is 10.9 Å². The van der Waals surface area contributed by atoms with E-state index in [-0.39, 0.29) is 11.9 Å². The van der Waals surface area contributed by atoms with Crippen LogP contribution in [-0.4, -0.2) is 13.2 Å². The predicted octanol–water partition coefficient (Wildman–Crippen LogP) is 2.91. The standard InChI is InChI=1S/C12H15ClFNO/c13-11-7-9(14)1-2-10(11)12(15)8-3-5-16-6-4-8/h1-2,7-8,12H,3-6,15H2/t12-/m0/s1. The van der Waals surface area contributed by atoms with Gasteiger partial charge < -0.3 is 10.5 Å². The highest BCUT2D eigenvalue weighted by Crippen LogP contribution is 2.32. The molecule has 88 valence electrons. The summed E-state index contributed by atoms with van der Waals surface area (Å²) in [6.45, 7) is 1.49. The van der Waals surface area contributed by atoms with Crippen LogP contribution in [0.15, 0.2) is 18.2 Å². The summed E-state index contributed by atoms with van der Waals surface area (Å²) in [5.74, 6) is 0.0460. The second-order valence-corrected chi connectivity index (χ2v) is 4.55. The third kappa shape index (κ3) is 2.54. The van der Waals surface area contributed by atoms with Crippen molar-refractivity contribution in [3.05, 3.63) is 34.6 Å². The predicted molar refractivity (Wildman–Crippen MR) is 61.9 cm³/mol. The Labute approximate surface area is 99.5 Å². The van der Waals surface area contributed by atoms with Crippen LogP contribution in [0.3, 0.4) is 0 Å². The molecule has 0 aliphatic carbocycles. The molecule has 1 saturated heterocycles. The Balaban J connectivity index is 2.15. The molecule has 2 N–H and O–H groups in total. The zero-order chi connectivity index (χ0) is 11.5. The van der Waals surface area contributed by atoms with Crippen molar-refractivity contribution in [1.29, 1.82) is 0 Å². The van der Waals surface area contributed by atoms with E-state index in [1.165, 1.54) is 12.1 Å². The van der Waals surface area contributed by atoms with Gasteiger partial charge in [-0.15, -0.1) is 0 Å². The first-order valence-corrected chi connectivity index (χ1v) is 5.84. The third-order valence-corrected chi connectivity index (χ3v) is 3.42. The quantitative estimate of drug-likeness (QED) is 0.867. The largest absolute Gasteiger partial charge is 0.381 e. The fraction of sp³-hybridized carbons (Fsp3) is 0.500. The Hall–Kier alpha value is -0.640. The lowest BCUT2D eigenvalue weighted by molar-refractivity contribution is 0.0584. The first kappa shape index (κ1) is 11.8. The van der Waals surface area contributed by atoms with Crippen LogP contribution in [0, 0.1) is 11.7 Å². The maximum atomic E-state index is 12.9. The lowest BCUT2D eigenvalue weighted by atomic mass is 9.88. The van der Waals surface area contributed by atoms with Crippen molar-refractivity contribution < 1.29 is 9.13 Å². The summed E-state index contributed by atoms with van der Waals surface area (Å²) < 4.78 is 18.2. The van der Waals surface area contributed by atoms with Crippen molar-refractivity contribution in [3.8, 4) is 0 Å². The molecule has 2 rings (SSSR count). The molecule has 0 radical (unpaired) electrons. The van der Waals surface area contributed by atoms with Crippen LogP contribution in [0.2, 0.25) is 5.02 Å². The van der Waals surface area contributed by atoms with Crippen molar-refractivity contribution in [2.75, 3.05) is 13.2 Å². The molecule has 1 atom stereocenters. The molecule has 0 aromatic heterocycles. The van der Waals surface area contributed by atoms with Gasteiger partial charge in [0, 0.05) is 24.3 Å². The van der Waals surface area contributed by atoms with Crippen LogP contribution in [0.1, 0.15) is 24.4 Å². The second kappa shape index (κ2) is 5.13. The Morgan fingerprint density at radius 2 is 2.06 bits per heavy atom. The van der Waals surface area contributed by atoms with Gasteiger partial charge in [0.1, 0.15) is 5.82 Å². The van der Waals surface area contributed by atoms with Crippen molar-refractivity contribution in [2.24, 2.45) is 11.7 Å². The van der Waals surface area contributed by atoms with Crippen molar-refractivity contribution in [1.82, 2.24) is 0 Å². The lowest BCUT2D eigenvalue weighted by Crippen LogP contribution is -2.27. The average Bonchev–Trinajstić information content (AvgIpc) is 2.29. The van der Waals surface area contributed by atoms with Crippen LogP contribution >= 0.6 is 11.6 Å². The Morgan fingerprint density at radius 1 is 1.38 bits per heavy atom. The molecule has 1 aromatic rings. The van der Waals surface area contributed by atoms with Crippen LogP contribution in [0.25, 0.3) is 0 Å². The van der Waals surface area contributed by atoms with Gasteiger partial charge in [-0.2, -0.15) is 0 Å². The highest BCUT2D eigenvalue weighted by atomic mass is 35.5. The smallest absolute Gasteiger partial charge is 0.124 e. The number of rotatable bonds is 2. The van der Waals surface area contributed by atoms with Crippen LogP contribution in [-0.2, 0) is 4.74 Å². The Morgan fingerprint density at radius 3 is 2.69 bits per heavy atom. The summed E-state index contributed by atoms with van der Waals surface area (Å²) >= 11 is 5.99. The van der Waals surface area contributed by atoms with Gasteiger partial charge in [-0.25, -0.2) is 4.39 Å². The highest BCUT2D eigenvalue weighted by molar-refractivity contribution is 6.31. The van der Waals surface area contributed by atoms with Crippen LogP contribution in [0.5, 0.6) is 0 Å². The molecule has 1 aliphatic heterocycles. The summed E-state index contributed by atoms with van der Waals surface area (Å²) in [6, 6.07) is 4.27. The van der Waals surface area contributed by atoms with Gasteiger partial charge in [0.25, 0.3) is 0 Å². The van der Waals surface area contributed by atoms with Gasteiger partial charge in [-0.05, 0) is 36.5 Å². The SMILES string of the molecule is N[C@H](c1ccc(F)cc1Cl)C1CCOCC1. The van der Waals surface area contributed by atoms with Gasteiger partial charge in [0.05, 0.1) is 0 Å². The molecular weight excluding hydrogens is 229 g/mol. The van der Waals surface area contributed by atoms with E-state index < -0.39 is 0 Å². The normalized spacial score (nSPS) is 19.7. The van der Waals surface area contributed by atoms with Gasteiger partial charge in [-0.3, -0.25) is 0 Å². The molecule has 1 aliphatic rings. The molecule has 1 heterocycles. The number of nitrogens with two attached hydrogens (primary N) is 1. The fourth-order valence-electron chi connectivity index (χ4n) is 2.10. The van der Waals surface area contributed by atoms with E-state index in [1.54, 1.807) is 6.07 Å². The topological polar surface area (TPSA) is 35.2 Å². The van der Waals surface area contributed by atoms with E-state index >= 15 is 0 Å². The molecular formula is C12H15ClFNO. The first-order valence-electron chi connectivity index (χ1n) is 5.47. The van der Waals surface area contributed by atoms with E-state index in [0.717, 1.165) is 31.6 Å². The Bertz CT molecular complexity index is 366. The second-order valence-electron chi connectivity index (χ2n) is 4.14. The molecule has 2 nitrogen and oxygen atoms in total. The van der Waals surface area contributed by atoms with Gasteiger partial charge in [-0.1, -0.05) is 17.7 Å². The number of halogens is 2. The van der Waals surface area contributed by atoms with Crippen molar-refractivity contribution >= 4 is 11.6 Å². The Kier molecular flexibility index (Phi) is 3.79.